The van der Waals surface area contributed by atoms with E-state index in [2.05, 4.69) is 25.9 Å². The van der Waals surface area contributed by atoms with Crippen molar-refractivity contribution in [3.63, 3.8) is 0 Å². The number of carbonyl (C=O) groups is 2. The number of aliphatic carboxylic acids is 1. The Morgan fingerprint density at radius 2 is 2.25 bits per heavy atom. The molecule has 8 heteroatoms. The van der Waals surface area contributed by atoms with Gasteiger partial charge in [0.15, 0.2) is 0 Å². The van der Waals surface area contributed by atoms with Crippen LogP contribution in [0, 0.1) is 0 Å². The molecule has 20 heavy (non-hydrogen) atoms. The number of aromatic amines is 1. The molecule has 1 atom stereocenters. The summed E-state index contributed by atoms with van der Waals surface area (Å²) >= 11 is 0. The Labute approximate surface area is 114 Å². The zero-order valence-electron chi connectivity index (χ0n) is 10.7. The quantitative estimate of drug-likeness (QED) is 0.729. The van der Waals surface area contributed by atoms with Crippen molar-refractivity contribution < 1.29 is 14.7 Å². The second kappa shape index (κ2) is 5.91. The van der Waals surface area contributed by atoms with Crippen LogP contribution in [-0.4, -0.2) is 43.6 Å². The number of tetrazole rings is 1. The van der Waals surface area contributed by atoms with Gasteiger partial charge in [-0.25, -0.2) is 0 Å². The largest absolute Gasteiger partial charge is 0.481 e. The number of rotatable bonds is 5. The summed E-state index contributed by atoms with van der Waals surface area (Å²) in [5, 5.41) is 24.7. The van der Waals surface area contributed by atoms with Crippen LogP contribution < -0.4 is 5.32 Å². The van der Waals surface area contributed by atoms with E-state index in [-0.39, 0.29) is 12.3 Å². The molecule has 0 saturated heterocycles. The smallest absolute Gasteiger partial charge is 0.305 e. The first-order chi connectivity index (χ1) is 9.56. The Balaban J connectivity index is 2.11. The lowest BCUT2D eigenvalue weighted by molar-refractivity contribution is -0.137. The van der Waals surface area contributed by atoms with Gasteiger partial charge >= 0.3 is 5.97 Å². The van der Waals surface area contributed by atoms with E-state index in [4.69, 9.17) is 5.11 Å². The number of benzene rings is 1. The summed E-state index contributed by atoms with van der Waals surface area (Å²) in [6.07, 6.45) is -0.129. The molecule has 0 saturated carbocycles. The fourth-order valence-corrected chi connectivity index (χ4v) is 1.70. The molecule has 0 spiro atoms. The van der Waals surface area contributed by atoms with Gasteiger partial charge in [0.25, 0.3) is 5.91 Å². The molecule has 104 valence electrons. The van der Waals surface area contributed by atoms with Gasteiger partial charge in [-0.15, -0.1) is 10.2 Å². The lowest BCUT2D eigenvalue weighted by Crippen LogP contribution is -2.34. The van der Waals surface area contributed by atoms with Crippen LogP contribution in [-0.2, 0) is 4.79 Å². The van der Waals surface area contributed by atoms with Crippen LogP contribution in [0.15, 0.2) is 24.3 Å². The maximum Gasteiger partial charge on any atom is 0.305 e. The van der Waals surface area contributed by atoms with E-state index in [0.717, 1.165) is 0 Å². The minimum absolute atomic E-state index is 0.129. The van der Waals surface area contributed by atoms with Gasteiger partial charge in [0, 0.05) is 17.2 Å². The van der Waals surface area contributed by atoms with Crippen molar-refractivity contribution in [3.05, 3.63) is 29.8 Å². The first-order valence-electron chi connectivity index (χ1n) is 5.93. The number of carboxylic acid groups (broad SMARTS) is 1. The maximum absolute atomic E-state index is 12.0. The molecule has 0 aliphatic carbocycles. The number of amides is 1. The fraction of sp³-hybridized carbons (Fsp3) is 0.250. The molecule has 2 aromatic rings. The number of carbonyl (C=O) groups excluding carboxylic acids is 1. The van der Waals surface area contributed by atoms with Crippen LogP contribution in [0.3, 0.4) is 0 Å². The third-order valence-corrected chi connectivity index (χ3v) is 2.59. The van der Waals surface area contributed by atoms with E-state index in [1.54, 1.807) is 31.2 Å². The summed E-state index contributed by atoms with van der Waals surface area (Å²) < 4.78 is 0. The van der Waals surface area contributed by atoms with Crippen LogP contribution in [0.5, 0.6) is 0 Å². The number of nitrogens with one attached hydrogen (secondary N) is 2. The third kappa shape index (κ3) is 3.37. The summed E-state index contributed by atoms with van der Waals surface area (Å²) in [6, 6.07) is 6.25. The van der Waals surface area contributed by atoms with Crippen LogP contribution in [0.1, 0.15) is 23.7 Å². The van der Waals surface area contributed by atoms with Crippen molar-refractivity contribution >= 4 is 11.9 Å². The summed E-state index contributed by atoms with van der Waals surface area (Å²) in [4.78, 5) is 22.5. The molecule has 1 aromatic heterocycles. The van der Waals surface area contributed by atoms with Gasteiger partial charge in [-0.3, -0.25) is 9.59 Å². The predicted octanol–water partition coefficient (Wildman–Crippen LogP) is 0.460. The normalized spacial score (nSPS) is 11.8. The first-order valence-corrected chi connectivity index (χ1v) is 5.93. The van der Waals surface area contributed by atoms with Crippen LogP contribution in [0.25, 0.3) is 11.4 Å². The van der Waals surface area contributed by atoms with E-state index in [1.807, 2.05) is 0 Å². The van der Waals surface area contributed by atoms with Crippen molar-refractivity contribution in [2.24, 2.45) is 0 Å². The zero-order chi connectivity index (χ0) is 14.5. The molecule has 1 amide bonds. The zero-order valence-corrected chi connectivity index (χ0v) is 10.7. The minimum Gasteiger partial charge on any atom is -0.481 e. The molecule has 0 aliphatic rings. The monoisotopic (exact) mass is 275 g/mol. The van der Waals surface area contributed by atoms with Gasteiger partial charge in [-0.2, -0.15) is 5.21 Å². The minimum atomic E-state index is -0.960. The van der Waals surface area contributed by atoms with E-state index in [1.165, 1.54) is 0 Å². The van der Waals surface area contributed by atoms with Crippen LogP contribution in [0.4, 0.5) is 0 Å². The van der Waals surface area contributed by atoms with Crippen molar-refractivity contribution in [3.8, 4) is 11.4 Å². The molecule has 0 bridgehead atoms. The van der Waals surface area contributed by atoms with Gasteiger partial charge in [-0.1, -0.05) is 12.1 Å². The van der Waals surface area contributed by atoms with E-state index in [0.29, 0.717) is 17.0 Å². The number of hydrogen-bond donors (Lipinski definition) is 3. The van der Waals surface area contributed by atoms with Gasteiger partial charge in [0.2, 0.25) is 5.82 Å². The third-order valence-electron chi connectivity index (χ3n) is 2.59. The van der Waals surface area contributed by atoms with Crippen LogP contribution in [0.2, 0.25) is 0 Å². The van der Waals surface area contributed by atoms with Gasteiger partial charge in [-0.05, 0) is 24.3 Å². The number of H-pyrrole nitrogens is 1. The Morgan fingerprint density at radius 3 is 2.90 bits per heavy atom. The molecule has 0 aliphatic heterocycles. The van der Waals surface area contributed by atoms with E-state index >= 15 is 0 Å². The van der Waals surface area contributed by atoms with Crippen LogP contribution >= 0.6 is 0 Å². The average Bonchev–Trinajstić information content (AvgIpc) is 2.91. The van der Waals surface area contributed by atoms with Crippen molar-refractivity contribution in [1.29, 1.82) is 0 Å². The molecule has 1 aromatic carbocycles. The number of aromatic nitrogens is 4. The Morgan fingerprint density at radius 1 is 1.45 bits per heavy atom. The SMILES string of the molecule is CC(CC(=O)O)NC(=O)c1cccc(-c2nn[nH]n2)c1. The highest BCUT2D eigenvalue weighted by atomic mass is 16.4. The van der Waals surface area contributed by atoms with Crippen molar-refractivity contribution in [1.82, 2.24) is 25.9 Å². The van der Waals surface area contributed by atoms with Gasteiger partial charge < -0.3 is 10.4 Å². The van der Waals surface area contributed by atoms with Gasteiger partial charge in [0.1, 0.15) is 0 Å². The second-order valence-corrected chi connectivity index (χ2v) is 4.29. The molecular formula is C12H13N5O3. The Kier molecular flexibility index (Phi) is 4.04. The summed E-state index contributed by atoms with van der Waals surface area (Å²) in [5.41, 5.74) is 1.06. The summed E-state index contributed by atoms with van der Waals surface area (Å²) in [7, 11) is 0. The molecule has 3 N–H and O–H groups in total. The Bertz CT molecular complexity index is 611. The summed E-state index contributed by atoms with van der Waals surface area (Å²) in [6.45, 7) is 1.63. The second-order valence-electron chi connectivity index (χ2n) is 4.29. The van der Waals surface area contributed by atoms with Crippen molar-refractivity contribution in [2.45, 2.75) is 19.4 Å². The highest BCUT2D eigenvalue weighted by Crippen LogP contribution is 2.15. The first kappa shape index (κ1) is 13.7. The molecule has 0 fully saturated rings. The van der Waals surface area contributed by atoms with Crippen molar-refractivity contribution in [2.75, 3.05) is 0 Å². The lowest BCUT2D eigenvalue weighted by Gasteiger charge is -2.11. The molecular weight excluding hydrogens is 262 g/mol. The maximum atomic E-state index is 12.0. The fourth-order valence-electron chi connectivity index (χ4n) is 1.70. The topological polar surface area (TPSA) is 121 Å². The van der Waals surface area contributed by atoms with E-state index < -0.39 is 12.0 Å². The number of nitrogens with zero attached hydrogens (tertiary/aromatic N) is 3. The average molecular weight is 275 g/mol. The Hall–Kier alpha value is -2.77. The predicted molar refractivity (Wildman–Crippen MR) is 68.8 cm³/mol. The molecule has 8 nitrogen and oxygen atoms in total. The van der Waals surface area contributed by atoms with E-state index in [9.17, 15) is 9.59 Å². The molecule has 1 heterocycles. The molecule has 0 radical (unpaired) electrons. The standard InChI is InChI=1S/C12H13N5O3/c1-7(5-10(18)19)13-12(20)9-4-2-3-8(6-9)11-14-16-17-15-11/h2-4,6-7H,5H2,1H3,(H,13,20)(H,18,19)(H,14,15,16,17). The highest BCUT2D eigenvalue weighted by molar-refractivity contribution is 5.95. The molecule has 2 rings (SSSR count). The van der Waals surface area contributed by atoms with Gasteiger partial charge in [0.05, 0.1) is 6.42 Å². The molecule has 1 unspecified atom stereocenters. The number of hydrogen-bond acceptors (Lipinski definition) is 5. The lowest BCUT2D eigenvalue weighted by atomic mass is 10.1. The summed E-state index contributed by atoms with van der Waals surface area (Å²) in [5.74, 6) is -0.916. The highest BCUT2D eigenvalue weighted by Gasteiger charge is 2.13. The number of carboxylic acids is 1.